The molecule has 0 aliphatic heterocycles. The quantitative estimate of drug-likeness (QED) is 0.718. The second-order valence-electron chi connectivity index (χ2n) is 4.86. The Morgan fingerprint density at radius 2 is 1.13 bits per heavy atom. The lowest BCUT2D eigenvalue weighted by Gasteiger charge is -2.34. The molecule has 0 amide bonds. The summed E-state index contributed by atoms with van der Waals surface area (Å²) >= 11 is 0. The highest BCUT2D eigenvalue weighted by Crippen LogP contribution is 2.53. The highest BCUT2D eigenvalue weighted by Gasteiger charge is 2.76. The smallest absolute Gasteiger partial charge is 0.289 e. The zero-order chi connectivity index (χ0) is 17.8. The zero-order valence-electron chi connectivity index (χ0n) is 11.3. The third kappa shape index (κ3) is 2.25. The summed E-state index contributed by atoms with van der Waals surface area (Å²) in [7, 11) is 0. The van der Waals surface area contributed by atoms with E-state index < -0.39 is 46.3 Å². The molecule has 1 aliphatic carbocycles. The molecule has 0 N–H and O–H groups in total. The molecule has 0 bridgehead atoms. The van der Waals surface area contributed by atoms with Crippen molar-refractivity contribution in [2.75, 3.05) is 0 Å². The van der Waals surface area contributed by atoms with Crippen LogP contribution in [0.2, 0.25) is 0 Å². The SMILES string of the molecule is CC1=C(C(F)(C(F)(F)F)C(F)(F)F)C(=O)c2ccccc2C1=O. The van der Waals surface area contributed by atoms with E-state index in [2.05, 4.69) is 0 Å². The van der Waals surface area contributed by atoms with Crippen LogP contribution in [-0.4, -0.2) is 29.6 Å². The number of hydrogen-bond acceptors (Lipinski definition) is 2. The molecule has 0 atom stereocenters. The Bertz CT molecular complexity index is 711. The summed E-state index contributed by atoms with van der Waals surface area (Å²) in [4.78, 5) is 24.0. The minimum absolute atomic E-state index is 0.370. The number of benzene rings is 1. The van der Waals surface area contributed by atoms with E-state index >= 15 is 0 Å². The van der Waals surface area contributed by atoms with Crippen molar-refractivity contribution in [3.63, 3.8) is 0 Å². The maximum Gasteiger partial charge on any atom is 0.436 e. The second kappa shape index (κ2) is 4.90. The Labute approximate surface area is 124 Å². The Morgan fingerprint density at radius 1 is 0.739 bits per heavy atom. The molecule has 124 valence electrons. The monoisotopic (exact) mass is 340 g/mol. The van der Waals surface area contributed by atoms with Crippen LogP contribution in [0, 0.1) is 0 Å². The van der Waals surface area contributed by atoms with E-state index in [1.807, 2.05) is 0 Å². The molecule has 0 fully saturated rings. The molecule has 1 aromatic rings. The number of Topliss-reactive ketones (excluding diaryl/α,β-unsaturated/α-hetero) is 2. The van der Waals surface area contributed by atoms with Crippen molar-refractivity contribution in [1.82, 2.24) is 0 Å². The lowest BCUT2D eigenvalue weighted by atomic mass is 9.77. The Kier molecular flexibility index (Phi) is 3.66. The lowest BCUT2D eigenvalue weighted by molar-refractivity contribution is -0.325. The predicted molar refractivity (Wildman–Crippen MR) is 63.8 cm³/mol. The topological polar surface area (TPSA) is 34.1 Å². The second-order valence-corrected chi connectivity index (χ2v) is 4.86. The molecule has 9 heteroatoms. The molecule has 0 spiro atoms. The van der Waals surface area contributed by atoms with E-state index in [1.165, 1.54) is 6.07 Å². The molecule has 0 saturated heterocycles. The molecule has 23 heavy (non-hydrogen) atoms. The average molecular weight is 340 g/mol. The summed E-state index contributed by atoms with van der Waals surface area (Å²) in [6.45, 7) is 0.567. The van der Waals surface area contributed by atoms with E-state index in [9.17, 15) is 40.3 Å². The zero-order valence-corrected chi connectivity index (χ0v) is 11.3. The molecule has 1 aliphatic rings. The fourth-order valence-corrected chi connectivity index (χ4v) is 2.36. The standard InChI is InChI=1S/C14H7F7O2/c1-6-9(12(15,13(16,17)18)14(19,20)21)11(23)8-5-3-2-4-7(8)10(6)22/h2-5H,1H3. The van der Waals surface area contributed by atoms with Gasteiger partial charge in [0.25, 0.3) is 0 Å². The Hall–Kier alpha value is -2.19. The van der Waals surface area contributed by atoms with Gasteiger partial charge in [-0.1, -0.05) is 24.3 Å². The van der Waals surface area contributed by atoms with E-state index in [-0.39, 0.29) is 5.56 Å². The van der Waals surface area contributed by atoms with Crippen molar-refractivity contribution in [3.8, 4) is 0 Å². The van der Waals surface area contributed by atoms with Crippen molar-refractivity contribution in [1.29, 1.82) is 0 Å². The number of fused-ring (bicyclic) bond motifs is 1. The van der Waals surface area contributed by atoms with Gasteiger partial charge in [0.1, 0.15) is 0 Å². The van der Waals surface area contributed by atoms with Crippen molar-refractivity contribution >= 4 is 11.6 Å². The largest absolute Gasteiger partial charge is 0.436 e. The normalized spacial score (nSPS) is 16.7. The first-order chi connectivity index (χ1) is 10.3. The maximum absolute atomic E-state index is 14.2. The molecule has 1 aromatic carbocycles. The number of rotatable bonds is 1. The number of allylic oxidation sites excluding steroid dienone is 2. The third-order valence-electron chi connectivity index (χ3n) is 3.48. The molecular formula is C14H7F7O2. The minimum atomic E-state index is -6.45. The average Bonchev–Trinajstić information content (AvgIpc) is 2.42. The van der Waals surface area contributed by atoms with Crippen LogP contribution in [0.15, 0.2) is 35.4 Å². The number of carbonyl (C=O) groups is 2. The van der Waals surface area contributed by atoms with Crippen LogP contribution in [0.25, 0.3) is 0 Å². The molecule has 0 radical (unpaired) electrons. The first kappa shape index (κ1) is 17.2. The van der Waals surface area contributed by atoms with Crippen molar-refractivity contribution in [2.24, 2.45) is 0 Å². The van der Waals surface area contributed by atoms with E-state index in [0.29, 0.717) is 6.92 Å². The predicted octanol–water partition coefficient (Wildman–Crippen LogP) is 4.22. The van der Waals surface area contributed by atoms with Gasteiger partial charge in [0.2, 0.25) is 0 Å². The van der Waals surface area contributed by atoms with Crippen LogP contribution in [0.4, 0.5) is 30.7 Å². The summed E-state index contributed by atoms with van der Waals surface area (Å²) in [5.74, 6) is -3.07. The summed E-state index contributed by atoms with van der Waals surface area (Å²) in [5, 5.41) is 0. The number of hydrogen-bond donors (Lipinski definition) is 0. The summed E-state index contributed by atoms with van der Waals surface area (Å²) in [5.41, 5.74) is -10.4. The van der Waals surface area contributed by atoms with Gasteiger partial charge >= 0.3 is 18.0 Å². The lowest BCUT2D eigenvalue weighted by Crippen LogP contribution is -2.57. The fourth-order valence-electron chi connectivity index (χ4n) is 2.36. The number of halogens is 7. The molecule has 2 nitrogen and oxygen atoms in total. The molecule has 0 saturated carbocycles. The molecule has 0 unspecified atom stereocenters. The van der Waals surface area contributed by atoms with Crippen LogP contribution >= 0.6 is 0 Å². The number of ketones is 2. The number of alkyl halides is 7. The van der Waals surface area contributed by atoms with Gasteiger partial charge in [-0.25, -0.2) is 4.39 Å². The molecule has 2 rings (SSSR count). The Morgan fingerprint density at radius 3 is 1.52 bits per heavy atom. The highest BCUT2D eigenvalue weighted by molar-refractivity contribution is 6.27. The number of carbonyl (C=O) groups excluding carboxylic acids is 2. The van der Waals surface area contributed by atoms with Gasteiger partial charge in [-0.3, -0.25) is 9.59 Å². The van der Waals surface area contributed by atoms with Crippen molar-refractivity contribution in [2.45, 2.75) is 24.9 Å². The summed E-state index contributed by atoms with van der Waals surface area (Å²) in [6, 6.07) is 4.36. The first-order valence-electron chi connectivity index (χ1n) is 6.06. The van der Waals surface area contributed by atoms with E-state index in [1.54, 1.807) is 0 Å². The third-order valence-corrected chi connectivity index (χ3v) is 3.48. The van der Waals surface area contributed by atoms with E-state index in [0.717, 1.165) is 18.2 Å². The molecule has 0 heterocycles. The van der Waals surface area contributed by atoms with Crippen LogP contribution in [0.1, 0.15) is 27.6 Å². The van der Waals surface area contributed by atoms with E-state index in [4.69, 9.17) is 0 Å². The highest BCUT2D eigenvalue weighted by atomic mass is 19.4. The Balaban J connectivity index is 2.83. The van der Waals surface area contributed by atoms with Crippen LogP contribution in [-0.2, 0) is 0 Å². The summed E-state index contributed by atoms with van der Waals surface area (Å²) in [6.07, 6.45) is -12.9. The van der Waals surface area contributed by atoms with Gasteiger partial charge in [-0.15, -0.1) is 0 Å². The van der Waals surface area contributed by atoms with Gasteiger partial charge in [-0.2, -0.15) is 26.3 Å². The van der Waals surface area contributed by atoms with Crippen molar-refractivity contribution in [3.05, 3.63) is 46.5 Å². The van der Waals surface area contributed by atoms with Crippen LogP contribution in [0.3, 0.4) is 0 Å². The van der Waals surface area contributed by atoms with Gasteiger partial charge < -0.3 is 0 Å². The van der Waals surface area contributed by atoms with Gasteiger partial charge in [0.15, 0.2) is 11.6 Å². The minimum Gasteiger partial charge on any atom is -0.289 e. The first-order valence-corrected chi connectivity index (χ1v) is 6.06. The molecular weight excluding hydrogens is 333 g/mol. The summed E-state index contributed by atoms with van der Waals surface area (Å²) < 4.78 is 91.2. The van der Waals surface area contributed by atoms with Gasteiger partial charge in [0, 0.05) is 16.7 Å². The molecule has 0 aromatic heterocycles. The van der Waals surface area contributed by atoms with Gasteiger partial charge in [-0.05, 0) is 6.92 Å². The van der Waals surface area contributed by atoms with Crippen molar-refractivity contribution < 1.29 is 40.3 Å². The fraction of sp³-hybridized carbons (Fsp3) is 0.286. The van der Waals surface area contributed by atoms with Crippen LogP contribution in [0.5, 0.6) is 0 Å². The maximum atomic E-state index is 14.2. The van der Waals surface area contributed by atoms with Gasteiger partial charge in [0.05, 0.1) is 5.57 Å². The van der Waals surface area contributed by atoms with Crippen LogP contribution < -0.4 is 0 Å².